The van der Waals surface area contributed by atoms with Gasteiger partial charge in [0.15, 0.2) is 0 Å². The summed E-state index contributed by atoms with van der Waals surface area (Å²) < 4.78 is 0. The van der Waals surface area contributed by atoms with Crippen LogP contribution < -0.4 is 5.73 Å². The Morgan fingerprint density at radius 1 is 1.54 bits per heavy atom. The van der Waals surface area contributed by atoms with Crippen LogP contribution in [0.5, 0.6) is 0 Å². The highest BCUT2D eigenvalue weighted by molar-refractivity contribution is 7.09. The van der Waals surface area contributed by atoms with E-state index in [1.807, 2.05) is 0 Å². The number of aromatic nitrogens is 1. The van der Waals surface area contributed by atoms with Gasteiger partial charge in [0.2, 0.25) is 0 Å². The summed E-state index contributed by atoms with van der Waals surface area (Å²) in [4.78, 5) is 4.54. The minimum Gasteiger partial charge on any atom is -0.327 e. The fourth-order valence-corrected chi connectivity index (χ4v) is 2.27. The second kappa shape index (κ2) is 4.72. The van der Waals surface area contributed by atoms with Gasteiger partial charge in [-0.25, -0.2) is 4.98 Å². The highest BCUT2D eigenvalue weighted by Crippen LogP contribution is 2.23. The first-order chi connectivity index (χ1) is 6.19. The summed E-state index contributed by atoms with van der Waals surface area (Å²) in [5.41, 5.74) is 7.16. The molecule has 0 bridgehead atoms. The van der Waals surface area contributed by atoms with Crippen LogP contribution in [0.2, 0.25) is 0 Å². The monoisotopic (exact) mass is 198 g/mol. The standard InChI is InChI=1S/C10H18N2S/c1-4-8-6-13-10(12-8)7(3)9(11)5-2/h6-7,9H,4-5,11H2,1-3H3. The molecule has 0 aliphatic rings. The van der Waals surface area contributed by atoms with Crippen LogP contribution in [-0.2, 0) is 6.42 Å². The molecule has 1 aromatic rings. The predicted octanol–water partition coefficient (Wildman–Crippen LogP) is 2.55. The molecule has 1 aromatic heterocycles. The smallest absolute Gasteiger partial charge is 0.0971 e. The van der Waals surface area contributed by atoms with E-state index < -0.39 is 0 Å². The van der Waals surface area contributed by atoms with Crippen molar-refractivity contribution in [2.24, 2.45) is 5.73 Å². The van der Waals surface area contributed by atoms with E-state index in [9.17, 15) is 0 Å². The van der Waals surface area contributed by atoms with E-state index in [0.29, 0.717) is 5.92 Å². The van der Waals surface area contributed by atoms with Crippen molar-refractivity contribution in [2.45, 2.75) is 45.6 Å². The van der Waals surface area contributed by atoms with Crippen LogP contribution in [-0.4, -0.2) is 11.0 Å². The lowest BCUT2D eigenvalue weighted by Crippen LogP contribution is -2.25. The molecule has 2 nitrogen and oxygen atoms in total. The maximum atomic E-state index is 5.97. The van der Waals surface area contributed by atoms with E-state index in [1.165, 1.54) is 10.7 Å². The highest BCUT2D eigenvalue weighted by atomic mass is 32.1. The van der Waals surface area contributed by atoms with Crippen molar-refractivity contribution < 1.29 is 0 Å². The summed E-state index contributed by atoms with van der Waals surface area (Å²) in [6.45, 7) is 6.41. The topological polar surface area (TPSA) is 38.9 Å². The maximum Gasteiger partial charge on any atom is 0.0971 e. The Hall–Kier alpha value is -0.410. The molecule has 0 saturated heterocycles. The largest absolute Gasteiger partial charge is 0.327 e. The van der Waals surface area contributed by atoms with Crippen LogP contribution >= 0.6 is 11.3 Å². The number of nitrogens with zero attached hydrogens (tertiary/aromatic N) is 1. The Labute approximate surface area is 84.2 Å². The number of hydrogen-bond acceptors (Lipinski definition) is 3. The van der Waals surface area contributed by atoms with Crippen molar-refractivity contribution in [3.8, 4) is 0 Å². The molecule has 1 rings (SSSR count). The molecular formula is C10H18N2S. The zero-order chi connectivity index (χ0) is 9.84. The summed E-state index contributed by atoms with van der Waals surface area (Å²) >= 11 is 1.73. The first kappa shape index (κ1) is 10.7. The second-order valence-electron chi connectivity index (χ2n) is 3.39. The lowest BCUT2D eigenvalue weighted by atomic mass is 10.0. The zero-order valence-corrected chi connectivity index (χ0v) is 9.40. The van der Waals surface area contributed by atoms with Crippen LogP contribution in [0.4, 0.5) is 0 Å². The molecule has 2 unspecified atom stereocenters. The average Bonchev–Trinajstić information content (AvgIpc) is 2.63. The van der Waals surface area contributed by atoms with Gasteiger partial charge in [-0.1, -0.05) is 20.8 Å². The fraction of sp³-hybridized carbons (Fsp3) is 0.700. The van der Waals surface area contributed by atoms with Crippen LogP contribution in [0.15, 0.2) is 5.38 Å². The number of rotatable bonds is 4. The van der Waals surface area contributed by atoms with E-state index in [0.717, 1.165) is 12.8 Å². The molecular weight excluding hydrogens is 180 g/mol. The van der Waals surface area contributed by atoms with Crippen molar-refractivity contribution in [1.29, 1.82) is 0 Å². The van der Waals surface area contributed by atoms with Gasteiger partial charge in [0.05, 0.1) is 10.7 Å². The Morgan fingerprint density at radius 2 is 2.23 bits per heavy atom. The number of thiazole rings is 1. The number of aryl methyl sites for hydroxylation is 1. The Morgan fingerprint density at radius 3 is 2.69 bits per heavy atom. The quantitative estimate of drug-likeness (QED) is 0.807. The Kier molecular flexibility index (Phi) is 3.88. The molecule has 0 spiro atoms. The van der Waals surface area contributed by atoms with Crippen molar-refractivity contribution in [3.63, 3.8) is 0 Å². The summed E-state index contributed by atoms with van der Waals surface area (Å²) in [5.74, 6) is 0.398. The molecule has 0 radical (unpaired) electrons. The lowest BCUT2D eigenvalue weighted by Gasteiger charge is -2.15. The van der Waals surface area contributed by atoms with Crippen LogP contribution in [0.1, 0.15) is 43.8 Å². The first-order valence-corrected chi connectivity index (χ1v) is 5.76. The van der Waals surface area contributed by atoms with Crippen LogP contribution in [0.3, 0.4) is 0 Å². The van der Waals surface area contributed by atoms with Gasteiger partial charge in [0.1, 0.15) is 0 Å². The molecule has 0 fully saturated rings. The van der Waals surface area contributed by atoms with Gasteiger partial charge in [-0.3, -0.25) is 0 Å². The van der Waals surface area contributed by atoms with Crippen molar-refractivity contribution in [3.05, 3.63) is 16.1 Å². The van der Waals surface area contributed by atoms with Gasteiger partial charge in [-0.15, -0.1) is 11.3 Å². The highest BCUT2D eigenvalue weighted by Gasteiger charge is 2.15. The van der Waals surface area contributed by atoms with Gasteiger partial charge in [0, 0.05) is 17.3 Å². The van der Waals surface area contributed by atoms with E-state index >= 15 is 0 Å². The minimum absolute atomic E-state index is 0.246. The van der Waals surface area contributed by atoms with Gasteiger partial charge in [-0.2, -0.15) is 0 Å². The van der Waals surface area contributed by atoms with E-state index in [-0.39, 0.29) is 6.04 Å². The summed E-state index contributed by atoms with van der Waals surface area (Å²) in [7, 11) is 0. The maximum absolute atomic E-state index is 5.97. The molecule has 2 atom stereocenters. The second-order valence-corrected chi connectivity index (χ2v) is 4.28. The van der Waals surface area contributed by atoms with E-state index in [4.69, 9.17) is 5.73 Å². The Balaban J connectivity index is 2.70. The number of hydrogen-bond donors (Lipinski definition) is 1. The van der Waals surface area contributed by atoms with E-state index in [1.54, 1.807) is 11.3 Å². The molecule has 0 aromatic carbocycles. The molecule has 74 valence electrons. The molecule has 0 amide bonds. The number of nitrogens with two attached hydrogens (primary N) is 1. The summed E-state index contributed by atoms with van der Waals surface area (Å²) in [5, 5.41) is 3.32. The third kappa shape index (κ3) is 2.51. The van der Waals surface area contributed by atoms with Gasteiger partial charge in [0.25, 0.3) is 0 Å². The fourth-order valence-electron chi connectivity index (χ4n) is 1.23. The third-order valence-electron chi connectivity index (χ3n) is 2.43. The molecule has 13 heavy (non-hydrogen) atoms. The lowest BCUT2D eigenvalue weighted by molar-refractivity contribution is 0.548. The first-order valence-electron chi connectivity index (χ1n) is 4.88. The predicted molar refractivity (Wildman–Crippen MR) is 58.2 cm³/mol. The van der Waals surface area contributed by atoms with Gasteiger partial charge < -0.3 is 5.73 Å². The van der Waals surface area contributed by atoms with Gasteiger partial charge >= 0.3 is 0 Å². The van der Waals surface area contributed by atoms with E-state index in [2.05, 4.69) is 31.1 Å². The van der Waals surface area contributed by atoms with Crippen LogP contribution in [0.25, 0.3) is 0 Å². The average molecular weight is 198 g/mol. The third-order valence-corrected chi connectivity index (χ3v) is 3.53. The Bertz CT molecular complexity index is 257. The molecule has 3 heteroatoms. The summed E-state index contributed by atoms with van der Waals surface area (Å²) in [6.07, 6.45) is 2.03. The molecule has 0 aliphatic heterocycles. The molecule has 1 heterocycles. The van der Waals surface area contributed by atoms with Crippen LogP contribution in [0, 0.1) is 0 Å². The SMILES string of the molecule is CCc1csc(C(C)C(N)CC)n1. The normalized spacial score (nSPS) is 15.7. The van der Waals surface area contributed by atoms with Gasteiger partial charge in [-0.05, 0) is 12.8 Å². The molecule has 2 N–H and O–H groups in total. The zero-order valence-electron chi connectivity index (χ0n) is 8.58. The molecule has 0 aliphatic carbocycles. The van der Waals surface area contributed by atoms with Crippen molar-refractivity contribution in [1.82, 2.24) is 4.98 Å². The summed E-state index contributed by atoms with van der Waals surface area (Å²) in [6, 6.07) is 0.246. The van der Waals surface area contributed by atoms with Crippen molar-refractivity contribution >= 4 is 11.3 Å². The van der Waals surface area contributed by atoms with Crippen molar-refractivity contribution in [2.75, 3.05) is 0 Å². The molecule has 0 saturated carbocycles. The minimum atomic E-state index is 0.246.